The summed E-state index contributed by atoms with van der Waals surface area (Å²) in [6.45, 7) is 4.15. The van der Waals surface area contributed by atoms with Crippen molar-refractivity contribution in [3.8, 4) is 0 Å². The second-order valence-electron chi connectivity index (χ2n) is 8.15. The molecule has 5 heteroatoms. The third kappa shape index (κ3) is 3.28. The van der Waals surface area contributed by atoms with Gasteiger partial charge in [0.25, 0.3) is 5.56 Å². The molecule has 1 aromatic heterocycles. The van der Waals surface area contributed by atoms with Gasteiger partial charge in [0.05, 0.1) is 0 Å². The molecule has 1 aliphatic carbocycles. The average Bonchev–Trinajstić information content (AvgIpc) is 2.63. The molecule has 1 aliphatic heterocycles. The maximum atomic E-state index is 12.3. The van der Waals surface area contributed by atoms with Crippen LogP contribution in [-0.4, -0.2) is 34.7 Å². The first-order valence-electron chi connectivity index (χ1n) is 9.63. The lowest BCUT2D eigenvalue weighted by Crippen LogP contribution is -2.57. The highest BCUT2D eigenvalue weighted by Crippen LogP contribution is 2.43. The molecule has 1 saturated carbocycles. The van der Waals surface area contributed by atoms with Gasteiger partial charge in [-0.05, 0) is 36.7 Å². The van der Waals surface area contributed by atoms with Gasteiger partial charge in [-0.3, -0.25) is 4.79 Å². The van der Waals surface area contributed by atoms with Crippen molar-refractivity contribution in [2.45, 2.75) is 50.1 Å². The van der Waals surface area contributed by atoms with Crippen molar-refractivity contribution in [1.82, 2.24) is 14.9 Å². The van der Waals surface area contributed by atoms with E-state index in [1.54, 1.807) is 24.0 Å². The largest absolute Gasteiger partial charge is 0.350 e. The first-order valence-corrected chi connectivity index (χ1v) is 9.63. The Kier molecular flexibility index (Phi) is 4.57. The number of piperidine rings is 1. The van der Waals surface area contributed by atoms with Crippen LogP contribution in [0.2, 0.25) is 0 Å². The zero-order chi connectivity index (χ0) is 18.1. The molecular weight excluding hydrogens is 324 g/mol. The average molecular weight is 352 g/mol. The Hall–Kier alpha value is -2.14. The van der Waals surface area contributed by atoms with E-state index in [0.717, 1.165) is 19.5 Å². The predicted octanol–water partition coefficient (Wildman–Crippen LogP) is 2.46. The molecule has 0 unspecified atom stereocenters. The van der Waals surface area contributed by atoms with E-state index >= 15 is 0 Å². The highest BCUT2D eigenvalue weighted by molar-refractivity contribution is 5.36. The van der Waals surface area contributed by atoms with Crippen LogP contribution in [0.25, 0.3) is 0 Å². The van der Waals surface area contributed by atoms with Crippen LogP contribution in [0.4, 0.5) is 5.82 Å². The van der Waals surface area contributed by atoms with Gasteiger partial charge in [-0.25, -0.2) is 4.98 Å². The van der Waals surface area contributed by atoms with Crippen LogP contribution >= 0.6 is 0 Å². The second-order valence-corrected chi connectivity index (χ2v) is 8.15. The van der Waals surface area contributed by atoms with Crippen molar-refractivity contribution in [1.29, 1.82) is 0 Å². The van der Waals surface area contributed by atoms with Gasteiger partial charge in [0.1, 0.15) is 0 Å². The van der Waals surface area contributed by atoms with Gasteiger partial charge < -0.3 is 14.8 Å². The summed E-state index contributed by atoms with van der Waals surface area (Å²) in [6.07, 6.45) is 8.05. The summed E-state index contributed by atoms with van der Waals surface area (Å²) in [5.74, 6) is 0.587. The molecule has 2 aliphatic rings. The van der Waals surface area contributed by atoms with Crippen molar-refractivity contribution in [3.05, 3.63) is 58.6 Å². The first-order chi connectivity index (χ1) is 12.5. The van der Waals surface area contributed by atoms with E-state index in [9.17, 15) is 4.79 Å². The monoisotopic (exact) mass is 352 g/mol. The van der Waals surface area contributed by atoms with Gasteiger partial charge in [0.2, 0.25) is 0 Å². The third-order valence-corrected chi connectivity index (χ3v) is 6.06. The summed E-state index contributed by atoms with van der Waals surface area (Å²) >= 11 is 0. The molecule has 1 aromatic carbocycles. The van der Waals surface area contributed by atoms with Crippen molar-refractivity contribution < 1.29 is 0 Å². The Labute approximate surface area is 155 Å². The lowest BCUT2D eigenvalue weighted by Gasteiger charge is -2.48. The van der Waals surface area contributed by atoms with E-state index < -0.39 is 0 Å². The van der Waals surface area contributed by atoms with Gasteiger partial charge in [-0.1, -0.05) is 37.3 Å². The van der Waals surface area contributed by atoms with Crippen LogP contribution in [-0.2, 0) is 12.5 Å². The van der Waals surface area contributed by atoms with Gasteiger partial charge in [0, 0.05) is 44.6 Å². The number of rotatable bonds is 4. The number of aryl methyl sites for hydroxylation is 1. The zero-order valence-electron chi connectivity index (χ0n) is 15.7. The number of hydrogen-bond acceptors (Lipinski definition) is 4. The minimum atomic E-state index is -0.00607. The lowest BCUT2D eigenvalue weighted by atomic mass is 9.63. The summed E-state index contributed by atoms with van der Waals surface area (Å²) in [6, 6.07) is 11.8. The van der Waals surface area contributed by atoms with Crippen LogP contribution in [0.5, 0.6) is 0 Å². The van der Waals surface area contributed by atoms with Crippen LogP contribution in [0, 0.1) is 0 Å². The molecular formula is C21H28N4O. The van der Waals surface area contributed by atoms with E-state index in [1.165, 1.54) is 24.8 Å². The van der Waals surface area contributed by atoms with Crippen molar-refractivity contribution in [2.24, 2.45) is 7.05 Å². The fourth-order valence-electron chi connectivity index (χ4n) is 4.56. The molecule has 2 heterocycles. The SMILES string of the molecule is Cn1ccnc(N2CCC[C@H](NC3CC(C)(c4ccccc4)C3)C2)c1=O. The molecule has 2 fully saturated rings. The highest BCUT2D eigenvalue weighted by Gasteiger charge is 2.42. The van der Waals surface area contributed by atoms with E-state index in [-0.39, 0.29) is 5.56 Å². The Balaban J connectivity index is 1.37. The van der Waals surface area contributed by atoms with Crippen molar-refractivity contribution >= 4 is 5.82 Å². The molecule has 2 aromatic rings. The van der Waals surface area contributed by atoms with E-state index in [4.69, 9.17) is 0 Å². The van der Waals surface area contributed by atoms with Crippen molar-refractivity contribution in [2.75, 3.05) is 18.0 Å². The fraction of sp³-hybridized carbons (Fsp3) is 0.524. The molecule has 1 atom stereocenters. The second kappa shape index (κ2) is 6.88. The van der Waals surface area contributed by atoms with Gasteiger partial charge in [-0.15, -0.1) is 0 Å². The minimum absolute atomic E-state index is 0.00607. The van der Waals surface area contributed by atoms with Gasteiger partial charge >= 0.3 is 0 Å². The van der Waals surface area contributed by atoms with Crippen LogP contribution in [0.1, 0.15) is 38.2 Å². The molecule has 0 bridgehead atoms. The van der Waals surface area contributed by atoms with Crippen molar-refractivity contribution in [3.63, 3.8) is 0 Å². The molecule has 1 N–H and O–H groups in total. The molecule has 5 nitrogen and oxygen atoms in total. The van der Waals surface area contributed by atoms with E-state index in [1.807, 2.05) is 0 Å². The Morgan fingerprint density at radius 3 is 2.73 bits per heavy atom. The fourth-order valence-corrected chi connectivity index (χ4v) is 4.56. The van der Waals surface area contributed by atoms with E-state index in [2.05, 4.69) is 52.5 Å². The number of hydrogen-bond donors (Lipinski definition) is 1. The topological polar surface area (TPSA) is 50.2 Å². The Bertz CT molecular complexity index is 810. The van der Waals surface area contributed by atoms with E-state index in [0.29, 0.717) is 23.3 Å². The van der Waals surface area contributed by atoms with Crippen LogP contribution in [0.15, 0.2) is 47.5 Å². The third-order valence-electron chi connectivity index (χ3n) is 6.06. The van der Waals surface area contributed by atoms with Gasteiger partial charge in [0.15, 0.2) is 5.82 Å². The maximum absolute atomic E-state index is 12.3. The number of aromatic nitrogens is 2. The quantitative estimate of drug-likeness (QED) is 0.918. The maximum Gasteiger partial charge on any atom is 0.293 e. The van der Waals surface area contributed by atoms with Crippen LogP contribution in [0.3, 0.4) is 0 Å². The predicted molar refractivity (Wildman–Crippen MR) is 105 cm³/mol. The summed E-state index contributed by atoms with van der Waals surface area (Å²) in [4.78, 5) is 18.8. The summed E-state index contributed by atoms with van der Waals surface area (Å²) in [5.41, 5.74) is 1.73. The molecule has 26 heavy (non-hydrogen) atoms. The first kappa shape index (κ1) is 17.3. The minimum Gasteiger partial charge on any atom is -0.350 e. The lowest BCUT2D eigenvalue weighted by molar-refractivity contribution is 0.170. The number of nitrogens with zero attached hydrogens (tertiary/aromatic N) is 3. The summed E-state index contributed by atoms with van der Waals surface area (Å²) in [7, 11) is 1.78. The molecule has 0 spiro atoms. The smallest absolute Gasteiger partial charge is 0.293 e. The zero-order valence-corrected chi connectivity index (χ0v) is 15.7. The number of anilines is 1. The van der Waals surface area contributed by atoms with Crippen LogP contribution < -0.4 is 15.8 Å². The Morgan fingerprint density at radius 2 is 1.96 bits per heavy atom. The highest BCUT2D eigenvalue weighted by atomic mass is 16.1. The summed E-state index contributed by atoms with van der Waals surface area (Å²) in [5, 5.41) is 3.84. The molecule has 1 saturated heterocycles. The standard InChI is InChI=1S/C21H28N4O/c1-21(16-7-4-3-5-8-16)13-18(14-21)23-17-9-6-11-25(15-17)19-20(26)24(2)12-10-22-19/h3-5,7-8,10,12,17-18,23H,6,9,11,13-15H2,1-2H3/t17-,18?,21?/m0/s1. The number of benzene rings is 1. The number of nitrogens with one attached hydrogen (secondary N) is 1. The normalized spacial score (nSPS) is 28.6. The molecule has 0 amide bonds. The molecule has 4 rings (SSSR count). The molecule has 0 radical (unpaired) electrons. The van der Waals surface area contributed by atoms with Gasteiger partial charge in [-0.2, -0.15) is 0 Å². The molecule has 138 valence electrons. The Morgan fingerprint density at radius 1 is 1.19 bits per heavy atom. The summed E-state index contributed by atoms with van der Waals surface area (Å²) < 4.78 is 1.61.